The maximum absolute atomic E-state index is 6.48. The Bertz CT molecular complexity index is 1180. The number of fused-ring (bicyclic) bond motifs is 3. The number of ether oxygens (including phenoxy) is 6. The van der Waals surface area contributed by atoms with Crippen LogP contribution in [0.3, 0.4) is 0 Å². The number of rotatable bonds is 3. The Morgan fingerprint density at radius 1 is 0.500 bits per heavy atom. The van der Waals surface area contributed by atoms with E-state index in [0.29, 0.717) is 15.1 Å². The smallest absolute Gasteiger partial charge is 0.185 e. The molecule has 0 aliphatic carbocycles. The second-order valence-electron chi connectivity index (χ2n) is 8.88. The maximum Gasteiger partial charge on any atom is 0.185 e. The summed E-state index contributed by atoms with van der Waals surface area (Å²) < 4.78 is 37.9. The molecule has 0 radical (unpaired) electrons. The summed E-state index contributed by atoms with van der Waals surface area (Å²) in [6, 6.07) is 22.2. The molecule has 3 aromatic rings. The van der Waals surface area contributed by atoms with Gasteiger partial charge in [-0.2, -0.15) is 0 Å². The summed E-state index contributed by atoms with van der Waals surface area (Å²) in [7, 11) is 0. The van der Waals surface area contributed by atoms with Crippen LogP contribution < -0.4 is 0 Å². The second-order valence-corrected chi connectivity index (χ2v) is 10.2. The Balaban J connectivity index is 1.31. The zero-order valence-corrected chi connectivity index (χ0v) is 21.2. The standard InChI is InChI=1S/C27H23Cl3O6/c28-18-7-1-4-15(10-18)25-31-14-22-24(36-27(34-22)17-6-3-9-20(30)12-17)23-21(33-25)13-32-26(35-23)16-5-2-8-19(29)11-16/h1-12,21-27H,13-14H2/t21-,22+,23-,24-,25?,26?,27?/m0/s1. The molecule has 3 aromatic carbocycles. The lowest BCUT2D eigenvalue weighted by molar-refractivity contribution is -0.324. The number of hydrogen-bond acceptors (Lipinski definition) is 6. The van der Waals surface area contributed by atoms with Gasteiger partial charge in [-0.1, -0.05) is 71.2 Å². The highest BCUT2D eigenvalue weighted by Gasteiger charge is 2.50. The highest BCUT2D eigenvalue weighted by Crippen LogP contribution is 2.42. The monoisotopic (exact) mass is 548 g/mol. The molecule has 0 amide bonds. The summed E-state index contributed by atoms with van der Waals surface area (Å²) in [4.78, 5) is 0. The van der Waals surface area contributed by atoms with Crippen molar-refractivity contribution in [2.24, 2.45) is 0 Å². The molecule has 3 heterocycles. The molecule has 0 bridgehead atoms. The maximum atomic E-state index is 6.48. The average Bonchev–Trinajstić information content (AvgIpc) is 3.29. The molecule has 0 N–H and O–H groups in total. The van der Waals surface area contributed by atoms with Gasteiger partial charge in [-0.15, -0.1) is 0 Å². The van der Waals surface area contributed by atoms with Crippen molar-refractivity contribution in [3.63, 3.8) is 0 Å². The van der Waals surface area contributed by atoms with Gasteiger partial charge in [0.25, 0.3) is 0 Å². The highest BCUT2D eigenvalue weighted by molar-refractivity contribution is 6.31. The molecule has 188 valence electrons. The summed E-state index contributed by atoms with van der Waals surface area (Å²) in [5.41, 5.74) is 2.42. The van der Waals surface area contributed by atoms with Gasteiger partial charge < -0.3 is 28.4 Å². The summed E-state index contributed by atoms with van der Waals surface area (Å²) in [5, 5.41) is 1.80. The molecule has 3 saturated heterocycles. The Labute approximate surface area is 223 Å². The van der Waals surface area contributed by atoms with E-state index in [-0.39, 0.29) is 13.2 Å². The van der Waals surface area contributed by atoms with Gasteiger partial charge in [-0.25, -0.2) is 0 Å². The third-order valence-electron chi connectivity index (χ3n) is 6.40. The summed E-state index contributed by atoms with van der Waals surface area (Å²) in [6.07, 6.45) is -3.80. The van der Waals surface area contributed by atoms with Crippen LogP contribution in [0, 0.1) is 0 Å². The van der Waals surface area contributed by atoms with E-state index in [1.165, 1.54) is 0 Å². The minimum absolute atomic E-state index is 0.230. The second kappa shape index (κ2) is 10.6. The van der Waals surface area contributed by atoms with Crippen LogP contribution in [0.15, 0.2) is 72.8 Å². The first-order valence-electron chi connectivity index (χ1n) is 11.6. The van der Waals surface area contributed by atoms with Crippen LogP contribution in [0.4, 0.5) is 0 Å². The fourth-order valence-corrected chi connectivity index (χ4v) is 5.32. The lowest BCUT2D eigenvalue weighted by Crippen LogP contribution is -2.54. The van der Waals surface area contributed by atoms with Crippen LogP contribution in [-0.4, -0.2) is 37.6 Å². The quantitative estimate of drug-likeness (QED) is 0.364. The molecule has 0 aromatic heterocycles. The van der Waals surface area contributed by atoms with Gasteiger partial charge >= 0.3 is 0 Å². The van der Waals surface area contributed by atoms with E-state index in [0.717, 1.165) is 16.7 Å². The van der Waals surface area contributed by atoms with Crippen molar-refractivity contribution in [2.75, 3.05) is 13.2 Å². The van der Waals surface area contributed by atoms with Crippen molar-refractivity contribution < 1.29 is 28.4 Å². The Morgan fingerprint density at radius 2 is 0.889 bits per heavy atom. The van der Waals surface area contributed by atoms with Crippen LogP contribution >= 0.6 is 34.8 Å². The third kappa shape index (κ3) is 5.16. The highest BCUT2D eigenvalue weighted by atomic mass is 35.5. The van der Waals surface area contributed by atoms with E-state index in [9.17, 15) is 0 Å². The first-order valence-corrected chi connectivity index (χ1v) is 12.8. The Morgan fingerprint density at radius 3 is 1.36 bits per heavy atom. The molecular formula is C27H23Cl3O6. The van der Waals surface area contributed by atoms with Crippen LogP contribution in [0.2, 0.25) is 15.1 Å². The number of halogens is 3. The summed E-state index contributed by atoms with van der Waals surface area (Å²) in [6.45, 7) is 0.491. The van der Waals surface area contributed by atoms with E-state index in [4.69, 9.17) is 63.2 Å². The zero-order chi connectivity index (χ0) is 24.6. The average molecular weight is 550 g/mol. The minimum Gasteiger partial charge on any atom is -0.346 e. The summed E-state index contributed by atoms with van der Waals surface area (Å²) in [5.74, 6) is 0. The van der Waals surface area contributed by atoms with Gasteiger partial charge in [0.1, 0.15) is 24.4 Å². The van der Waals surface area contributed by atoms with E-state index >= 15 is 0 Å². The molecular weight excluding hydrogens is 527 g/mol. The predicted molar refractivity (Wildman–Crippen MR) is 134 cm³/mol. The van der Waals surface area contributed by atoms with Gasteiger partial charge in [0.05, 0.1) is 13.2 Å². The normalized spacial score (nSPS) is 32.2. The van der Waals surface area contributed by atoms with E-state index in [1.807, 2.05) is 66.7 Å². The van der Waals surface area contributed by atoms with Gasteiger partial charge in [0.15, 0.2) is 18.9 Å². The van der Waals surface area contributed by atoms with Gasteiger partial charge in [-0.3, -0.25) is 0 Å². The SMILES string of the molecule is Clc1cccc(C2OC[C@@H]3OC(c4cccc(Cl)c4)OC[C@H]4OC(c5cccc(Cl)c5)O[C@@H]4[C@H]3O2)c1. The van der Waals surface area contributed by atoms with Crippen molar-refractivity contribution in [3.8, 4) is 0 Å². The van der Waals surface area contributed by atoms with E-state index in [1.54, 1.807) is 6.07 Å². The molecule has 3 aliphatic rings. The Kier molecular flexibility index (Phi) is 7.23. The van der Waals surface area contributed by atoms with E-state index < -0.39 is 43.3 Å². The lowest BCUT2D eigenvalue weighted by Gasteiger charge is -2.42. The first-order chi connectivity index (χ1) is 17.5. The largest absolute Gasteiger partial charge is 0.346 e. The first kappa shape index (κ1) is 24.6. The van der Waals surface area contributed by atoms with Crippen molar-refractivity contribution in [2.45, 2.75) is 43.3 Å². The van der Waals surface area contributed by atoms with Gasteiger partial charge in [0, 0.05) is 31.8 Å². The van der Waals surface area contributed by atoms with Crippen molar-refractivity contribution >= 4 is 34.8 Å². The molecule has 7 atom stereocenters. The fraction of sp³-hybridized carbons (Fsp3) is 0.333. The predicted octanol–water partition coefficient (Wildman–Crippen LogP) is 6.66. The van der Waals surface area contributed by atoms with Crippen molar-refractivity contribution in [3.05, 3.63) is 105 Å². The molecule has 3 fully saturated rings. The lowest BCUT2D eigenvalue weighted by atomic mass is 10.0. The van der Waals surface area contributed by atoms with Crippen molar-refractivity contribution in [1.29, 1.82) is 0 Å². The topological polar surface area (TPSA) is 55.4 Å². The number of benzene rings is 3. The van der Waals surface area contributed by atoms with Gasteiger partial charge in [0.2, 0.25) is 0 Å². The molecule has 6 nitrogen and oxygen atoms in total. The molecule has 6 rings (SSSR count). The summed E-state index contributed by atoms with van der Waals surface area (Å²) >= 11 is 18.7. The molecule has 3 unspecified atom stereocenters. The van der Waals surface area contributed by atoms with Crippen LogP contribution in [0.5, 0.6) is 0 Å². The fourth-order valence-electron chi connectivity index (χ4n) is 4.72. The Hall–Kier alpha value is -1.71. The molecule has 0 spiro atoms. The molecule has 36 heavy (non-hydrogen) atoms. The van der Waals surface area contributed by atoms with Crippen LogP contribution in [0.1, 0.15) is 35.6 Å². The number of hydrogen-bond donors (Lipinski definition) is 0. The van der Waals surface area contributed by atoms with Crippen molar-refractivity contribution in [1.82, 2.24) is 0 Å². The zero-order valence-electron chi connectivity index (χ0n) is 19.0. The third-order valence-corrected chi connectivity index (χ3v) is 7.11. The van der Waals surface area contributed by atoms with Crippen LogP contribution in [0.25, 0.3) is 0 Å². The van der Waals surface area contributed by atoms with Gasteiger partial charge in [-0.05, 0) is 36.4 Å². The molecule has 0 saturated carbocycles. The van der Waals surface area contributed by atoms with E-state index in [2.05, 4.69) is 0 Å². The minimum atomic E-state index is -0.680. The molecule has 3 aliphatic heterocycles. The van der Waals surface area contributed by atoms with Crippen LogP contribution in [-0.2, 0) is 28.4 Å². The molecule has 9 heteroatoms.